The van der Waals surface area contributed by atoms with Crippen molar-refractivity contribution in [3.8, 4) is 5.75 Å². The molecule has 0 aliphatic carbocycles. The minimum absolute atomic E-state index is 0.300. The van der Waals surface area contributed by atoms with Gasteiger partial charge in [-0.05, 0) is 47.8 Å². The Bertz CT molecular complexity index is 1010. The average Bonchev–Trinajstić information content (AvgIpc) is 3.30. The number of imide groups is 1. The zero-order valence-corrected chi connectivity index (χ0v) is 16.0. The lowest BCUT2D eigenvalue weighted by Gasteiger charge is -2.15. The number of benzene rings is 2. The number of rotatable bonds is 5. The van der Waals surface area contributed by atoms with E-state index < -0.39 is 0 Å². The fourth-order valence-corrected chi connectivity index (χ4v) is 4.65. The Morgan fingerprint density at radius 2 is 1.63 bits per heavy atom. The van der Waals surface area contributed by atoms with Crippen molar-refractivity contribution >= 4 is 46.2 Å². The highest BCUT2D eigenvalue weighted by Gasteiger charge is 2.40. The van der Waals surface area contributed by atoms with Crippen LogP contribution in [0, 0.1) is 0 Å². The monoisotopic (exact) mass is 393 g/mol. The summed E-state index contributed by atoms with van der Waals surface area (Å²) in [5.41, 5.74) is 0.989. The molecule has 4 nitrogen and oxygen atoms in total. The average molecular weight is 393 g/mol. The number of amides is 2. The molecule has 0 saturated heterocycles. The molecule has 3 aromatic rings. The lowest BCUT2D eigenvalue weighted by molar-refractivity contribution is -0.119. The Morgan fingerprint density at radius 1 is 0.889 bits per heavy atom. The molecule has 2 heterocycles. The number of carbonyl (C=O) groups is 2. The SMILES string of the molecule is COc1ccc(N2C(=O)C(Sc3ccccc3)=C(c3cccs3)C2=O)cc1. The Kier molecular flexibility index (Phi) is 4.83. The highest BCUT2D eigenvalue weighted by molar-refractivity contribution is 8.04. The van der Waals surface area contributed by atoms with E-state index in [2.05, 4.69) is 0 Å². The Labute approximate surface area is 165 Å². The molecule has 0 spiro atoms. The van der Waals surface area contributed by atoms with Crippen molar-refractivity contribution in [2.45, 2.75) is 4.90 Å². The van der Waals surface area contributed by atoms with Gasteiger partial charge >= 0.3 is 0 Å². The Hall–Kier alpha value is -2.83. The standard InChI is InChI=1S/C21H15NO3S2/c1-25-15-11-9-14(10-12-15)22-20(23)18(17-8-5-13-26-17)19(21(22)24)27-16-6-3-2-4-7-16/h2-13H,1H3. The van der Waals surface area contributed by atoms with Gasteiger partial charge in [0.05, 0.1) is 23.3 Å². The summed E-state index contributed by atoms with van der Waals surface area (Å²) in [6, 6.07) is 20.3. The zero-order valence-electron chi connectivity index (χ0n) is 14.4. The van der Waals surface area contributed by atoms with Crippen LogP contribution in [0.4, 0.5) is 5.69 Å². The van der Waals surface area contributed by atoms with Gasteiger partial charge in [-0.1, -0.05) is 36.0 Å². The van der Waals surface area contributed by atoms with Crippen LogP contribution in [0.1, 0.15) is 4.88 Å². The predicted molar refractivity (Wildman–Crippen MR) is 109 cm³/mol. The first-order chi connectivity index (χ1) is 13.2. The summed E-state index contributed by atoms with van der Waals surface area (Å²) < 4.78 is 5.16. The molecule has 0 radical (unpaired) electrons. The number of ether oxygens (including phenoxy) is 1. The fourth-order valence-electron chi connectivity index (χ4n) is 2.81. The molecule has 1 aliphatic heterocycles. The van der Waals surface area contributed by atoms with Crippen LogP contribution in [-0.2, 0) is 9.59 Å². The smallest absolute Gasteiger partial charge is 0.272 e. The second-order valence-corrected chi connectivity index (χ2v) is 7.77. The Morgan fingerprint density at radius 3 is 2.26 bits per heavy atom. The molecular formula is C21H15NO3S2. The number of methoxy groups -OCH3 is 1. The highest BCUT2D eigenvalue weighted by Crippen LogP contribution is 2.42. The van der Waals surface area contributed by atoms with Crippen molar-refractivity contribution in [3.63, 3.8) is 0 Å². The molecule has 0 saturated carbocycles. The second-order valence-electron chi connectivity index (χ2n) is 5.74. The van der Waals surface area contributed by atoms with Crippen LogP contribution in [-0.4, -0.2) is 18.9 Å². The lowest BCUT2D eigenvalue weighted by atomic mass is 10.2. The summed E-state index contributed by atoms with van der Waals surface area (Å²) in [4.78, 5) is 29.8. The van der Waals surface area contributed by atoms with Crippen molar-refractivity contribution in [2.24, 2.45) is 0 Å². The molecule has 0 atom stereocenters. The van der Waals surface area contributed by atoms with Gasteiger partial charge in [0, 0.05) is 9.77 Å². The highest BCUT2D eigenvalue weighted by atomic mass is 32.2. The number of thiophene rings is 1. The molecule has 0 N–H and O–H groups in total. The van der Waals surface area contributed by atoms with Crippen molar-refractivity contribution in [1.82, 2.24) is 0 Å². The molecule has 27 heavy (non-hydrogen) atoms. The van der Waals surface area contributed by atoms with E-state index in [-0.39, 0.29) is 11.8 Å². The predicted octanol–water partition coefficient (Wildman–Crippen LogP) is 4.83. The minimum Gasteiger partial charge on any atom is -0.497 e. The van der Waals surface area contributed by atoms with Crippen molar-refractivity contribution in [3.05, 3.63) is 81.9 Å². The van der Waals surface area contributed by atoms with E-state index in [1.165, 1.54) is 28.0 Å². The number of hydrogen-bond acceptors (Lipinski definition) is 5. The first-order valence-corrected chi connectivity index (χ1v) is 9.92. The molecule has 0 unspecified atom stereocenters. The number of nitrogens with zero attached hydrogens (tertiary/aromatic N) is 1. The van der Waals surface area contributed by atoms with Crippen LogP contribution in [0.3, 0.4) is 0 Å². The lowest BCUT2D eigenvalue weighted by Crippen LogP contribution is -2.31. The third-order valence-corrected chi connectivity index (χ3v) is 6.08. The summed E-state index contributed by atoms with van der Waals surface area (Å²) in [7, 11) is 1.58. The molecule has 0 fully saturated rings. The van der Waals surface area contributed by atoms with Crippen LogP contribution in [0.15, 0.2) is 81.9 Å². The van der Waals surface area contributed by atoms with Crippen LogP contribution in [0.2, 0.25) is 0 Å². The quantitative estimate of drug-likeness (QED) is 0.582. The number of carbonyl (C=O) groups excluding carboxylic acids is 2. The summed E-state index contributed by atoms with van der Waals surface area (Å²) in [5.74, 6) is 0.0663. The van der Waals surface area contributed by atoms with E-state index in [1.54, 1.807) is 31.4 Å². The van der Waals surface area contributed by atoms with Crippen LogP contribution < -0.4 is 9.64 Å². The van der Waals surface area contributed by atoms with Gasteiger partial charge in [0.2, 0.25) is 0 Å². The molecule has 4 rings (SSSR count). The summed E-state index contributed by atoms with van der Waals surface area (Å²) in [5, 5.41) is 1.90. The topological polar surface area (TPSA) is 46.6 Å². The van der Waals surface area contributed by atoms with E-state index in [0.29, 0.717) is 21.9 Å². The van der Waals surface area contributed by atoms with Gasteiger partial charge < -0.3 is 4.74 Å². The van der Waals surface area contributed by atoms with Crippen molar-refractivity contribution in [1.29, 1.82) is 0 Å². The van der Waals surface area contributed by atoms with E-state index in [1.807, 2.05) is 47.8 Å². The van der Waals surface area contributed by atoms with Crippen molar-refractivity contribution in [2.75, 3.05) is 12.0 Å². The van der Waals surface area contributed by atoms with Gasteiger partial charge in [0.15, 0.2) is 0 Å². The maximum atomic E-state index is 13.2. The molecule has 6 heteroatoms. The minimum atomic E-state index is -0.303. The van der Waals surface area contributed by atoms with E-state index in [9.17, 15) is 9.59 Å². The van der Waals surface area contributed by atoms with E-state index >= 15 is 0 Å². The maximum absolute atomic E-state index is 13.2. The van der Waals surface area contributed by atoms with E-state index in [4.69, 9.17) is 4.74 Å². The van der Waals surface area contributed by atoms with E-state index in [0.717, 1.165) is 9.77 Å². The number of anilines is 1. The number of thioether (sulfide) groups is 1. The zero-order chi connectivity index (χ0) is 18.8. The summed E-state index contributed by atoms with van der Waals surface area (Å²) >= 11 is 2.78. The molecule has 134 valence electrons. The molecule has 1 aliphatic rings. The maximum Gasteiger partial charge on any atom is 0.272 e. The van der Waals surface area contributed by atoms with Crippen LogP contribution >= 0.6 is 23.1 Å². The van der Waals surface area contributed by atoms with Crippen molar-refractivity contribution < 1.29 is 14.3 Å². The Balaban J connectivity index is 1.76. The van der Waals surface area contributed by atoms with Crippen LogP contribution in [0.5, 0.6) is 5.75 Å². The molecule has 1 aromatic heterocycles. The third kappa shape index (κ3) is 3.29. The first-order valence-electron chi connectivity index (χ1n) is 8.23. The fraction of sp³-hybridized carbons (Fsp3) is 0.0476. The largest absolute Gasteiger partial charge is 0.497 e. The summed E-state index contributed by atoms with van der Waals surface area (Å²) in [6.07, 6.45) is 0. The van der Waals surface area contributed by atoms with Gasteiger partial charge in [0.25, 0.3) is 11.8 Å². The molecule has 0 bridgehead atoms. The molecule has 2 amide bonds. The molecule has 2 aromatic carbocycles. The normalized spacial score (nSPS) is 14.2. The van der Waals surface area contributed by atoms with Gasteiger partial charge in [0.1, 0.15) is 5.75 Å². The van der Waals surface area contributed by atoms with Gasteiger partial charge in [-0.2, -0.15) is 0 Å². The molecular weight excluding hydrogens is 378 g/mol. The third-order valence-electron chi connectivity index (χ3n) is 4.10. The second kappa shape index (κ2) is 7.42. The van der Waals surface area contributed by atoms with Gasteiger partial charge in [-0.3, -0.25) is 9.59 Å². The first kappa shape index (κ1) is 17.6. The van der Waals surface area contributed by atoms with Gasteiger partial charge in [-0.15, -0.1) is 11.3 Å². The number of hydrogen-bond donors (Lipinski definition) is 0. The van der Waals surface area contributed by atoms with Crippen LogP contribution in [0.25, 0.3) is 5.57 Å². The summed E-state index contributed by atoms with van der Waals surface area (Å²) in [6.45, 7) is 0. The van der Waals surface area contributed by atoms with Gasteiger partial charge in [-0.25, -0.2) is 4.90 Å².